The molecule has 0 bridgehead atoms. The SMILES string of the molecule is C#C[C@H]1[C@H](C)[C@H](O)[C@H](NC(C)CCCCCC)C[C@@H]1O. The molecule has 3 heteroatoms. The molecule has 0 saturated heterocycles. The van der Waals surface area contributed by atoms with Crippen LogP contribution in [-0.4, -0.2) is 34.5 Å². The van der Waals surface area contributed by atoms with Crippen LogP contribution in [0.3, 0.4) is 0 Å². The molecule has 0 aliphatic heterocycles. The molecule has 20 heavy (non-hydrogen) atoms. The van der Waals surface area contributed by atoms with Gasteiger partial charge in [-0.15, -0.1) is 12.3 Å². The Morgan fingerprint density at radius 3 is 2.60 bits per heavy atom. The van der Waals surface area contributed by atoms with Crippen LogP contribution in [0.4, 0.5) is 0 Å². The van der Waals surface area contributed by atoms with Crippen LogP contribution in [0.2, 0.25) is 0 Å². The minimum atomic E-state index is -0.511. The predicted octanol–water partition coefficient (Wildman–Crippen LogP) is 2.31. The molecule has 1 rings (SSSR count). The van der Waals surface area contributed by atoms with Gasteiger partial charge in [0.2, 0.25) is 0 Å². The van der Waals surface area contributed by atoms with Gasteiger partial charge in [-0.25, -0.2) is 0 Å². The Labute approximate surface area is 124 Å². The molecule has 0 aromatic rings. The van der Waals surface area contributed by atoms with Gasteiger partial charge in [0, 0.05) is 12.1 Å². The van der Waals surface area contributed by atoms with Crippen molar-refractivity contribution in [2.75, 3.05) is 0 Å². The number of aliphatic hydroxyl groups is 2. The molecular formula is C17H31NO2. The van der Waals surface area contributed by atoms with E-state index in [0.29, 0.717) is 12.5 Å². The molecule has 0 amide bonds. The van der Waals surface area contributed by atoms with E-state index in [4.69, 9.17) is 6.42 Å². The second-order valence-electron chi connectivity index (χ2n) is 6.37. The molecular weight excluding hydrogens is 250 g/mol. The van der Waals surface area contributed by atoms with Gasteiger partial charge in [-0.3, -0.25) is 0 Å². The number of hydrogen-bond donors (Lipinski definition) is 3. The maximum atomic E-state index is 10.3. The van der Waals surface area contributed by atoms with Gasteiger partial charge in [0.25, 0.3) is 0 Å². The van der Waals surface area contributed by atoms with Crippen molar-refractivity contribution >= 4 is 0 Å². The molecule has 0 heterocycles. The van der Waals surface area contributed by atoms with Gasteiger partial charge in [0.1, 0.15) is 0 Å². The quantitative estimate of drug-likeness (QED) is 0.496. The van der Waals surface area contributed by atoms with E-state index in [1.807, 2.05) is 6.92 Å². The summed E-state index contributed by atoms with van der Waals surface area (Å²) in [7, 11) is 0. The van der Waals surface area contributed by atoms with Crippen LogP contribution in [-0.2, 0) is 0 Å². The van der Waals surface area contributed by atoms with Crippen molar-refractivity contribution in [2.24, 2.45) is 11.8 Å². The molecule has 0 aromatic carbocycles. The molecule has 1 aliphatic rings. The van der Waals surface area contributed by atoms with E-state index in [-0.39, 0.29) is 17.9 Å². The third-order valence-electron chi connectivity index (χ3n) is 4.61. The van der Waals surface area contributed by atoms with E-state index < -0.39 is 12.2 Å². The van der Waals surface area contributed by atoms with Crippen molar-refractivity contribution in [3.8, 4) is 12.3 Å². The summed E-state index contributed by atoms with van der Waals surface area (Å²) in [5.74, 6) is 2.32. The van der Waals surface area contributed by atoms with Gasteiger partial charge in [-0.2, -0.15) is 0 Å². The first kappa shape index (κ1) is 17.5. The molecule has 1 fully saturated rings. The number of hydrogen-bond acceptors (Lipinski definition) is 3. The minimum absolute atomic E-state index is 0.0502. The highest BCUT2D eigenvalue weighted by molar-refractivity contribution is 5.06. The van der Waals surface area contributed by atoms with Crippen LogP contribution >= 0.6 is 0 Å². The fourth-order valence-corrected chi connectivity index (χ4v) is 3.23. The van der Waals surface area contributed by atoms with Gasteiger partial charge in [0.05, 0.1) is 18.1 Å². The van der Waals surface area contributed by atoms with Crippen molar-refractivity contribution in [3.63, 3.8) is 0 Å². The monoisotopic (exact) mass is 281 g/mol. The summed E-state index contributed by atoms with van der Waals surface area (Å²) in [6.45, 7) is 6.30. The first-order valence-corrected chi connectivity index (χ1v) is 8.09. The summed E-state index contributed by atoms with van der Waals surface area (Å²) in [6, 6.07) is 0.319. The Hall–Kier alpha value is -0.560. The normalized spacial score (nSPS) is 35.5. The summed E-state index contributed by atoms with van der Waals surface area (Å²) in [4.78, 5) is 0. The Balaban J connectivity index is 2.41. The number of nitrogens with one attached hydrogen (secondary N) is 1. The summed E-state index contributed by atoms with van der Waals surface area (Å²) < 4.78 is 0. The van der Waals surface area contributed by atoms with Crippen molar-refractivity contribution in [2.45, 2.75) is 83.6 Å². The molecule has 0 spiro atoms. The highest BCUT2D eigenvalue weighted by Crippen LogP contribution is 2.30. The summed E-state index contributed by atoms with van der Waals surface area (Å²) >= 11 is 0. The van der Waals surface area contributed by atoms with E-state index in [1.54, 1.807) is 0 Å². The molecule has 1 saturated carbocycles. The lowest BCUT2D eigenvalue weighted by atomic mass is 9.74. The van der Waals surface area contributed by atoms with Gasteiger partial charge in [0.15, 0.2) is 0 Å². The zero-order chi connectivity index (χ0) is 15.1. The van der Waals surface area contributed by atoms with E-state index >= 15 is 0 Å². The van der Waals surface area contributed by atoms with Crippen molar-refractivity contribution in [3.05, 3.63) is 0 Å². The maximum Gasteiger partial charge on any atom is 0.0732 e. The van der Waals surface area contributed by atoms with Crippen LogP contribution in [0.5, 0.6) is 0 Å². The van der Waals surface area contributed by atoms with Crippen molar-refractivity contribution in [1.82, 2.24) is 5.32 Å². The van der Waals surface area contributed by atoms with Gasteiger partial charge in [-0.1, -0.05) is 39.5 Å². The van der Waals surface area contributed by atoms with Gasteiger partial charge < -0.3 is 15.5 Å². The molecule has 3 nitrogen and oxygen atoms in total. The lowest BCUT2D eigenvalue weighted by molar-refractivity contribution is -0.0400. The smallest absolute Gasteiger partial charge is 0.0732 e. The van der Waals surface area contributed by atoms with Crippen LogP contribution in [0.15, 0.2) is 0 Å². The fourth-order valence-electron chi connectivity index (χ4n) is 3.23. The first-order valence-electron chi connectivity index (χ1n) is 8.09. The zero-order valence-corrected chi connectivity index (χ0v) is 13.2. The molecule has 116 valence electrons. The Morgan fingerprint density at radius 2 is 2.00 bits per heavy atom. The molecule has 1 unspecified atom stereocenters. The first-order chi connectivity index (χ1) is 9.51. The van der Waals surface area contributed by atoms with Gasteiger partial charge in [-0.05, 0) is 25.7 Å². The van der Waals surface area contributed by atoms with Crippen LogP contribution in [0, 0.1) is 24.2 Å². The third kappa shape index (κ3) is 4.77. The molecule has 3 N–H and O–H groups in total. The van der Waals surface area contributed by atoms with E-state index in [2.05, 4.69) is 25.1 Å². The second-order valence-corrected chi connectivity index (χ2v) is 6.37. The molecule has 0 aromatic heterocycles. The average Bonchev–Trinajstić information content (AvgIpc) is 2.41. The number of unbranched alkanes of at least 4 members (excludes halogenated alkanes) is 3. The topological polar surface area (TPSA) is 52.5 Å². The van der Waals surface area contributed by atoms with E-state index in [9.17, 15) is 10.2 Å². The third-order valence-corrected chi connectivity index (χ3v) is 4.61. The highest BCUT2D eigenvalue weighted by Gasteiger charge is 2.40. The second kappa shape index (κ2) is 8.67. The average molecular weight is 281 g/mol. The number of terminal acetylenes is 1. The Morgan fingerprint density at radius 1 is 1.30 bits per heavy atom. The molecule has 6 atom stereocenters. The number of aliphatic hydroxyl groups excluding tert-OH is 2. The number of rotatable bonds is 7. The predicted molar refractivity (Wildman–Crippen MR) is 83.3 cm³/mol. The summed E-state index contributed by atoms with van der Waals surface area (Å²) in [5.41, 5.74) is 0. The summed E-state index contributed by atoms with van der Waals surface area (Å²) in [5, 5.41) is 23.9. The lowest BCUT2D eigenvalue weighted by Crippen LogP contribution is -2.55. The fraction of sp³-hybridized carbons (Fsp3) is 0.882. The standard InChI is InChI=1S/C17H31NO2/c1-5-7-8-9-10-12(3)18-15-11-16(19)14(6-2)13(4)17(15)20/h2,12-20H,5,7-11H2,1,3-4H3/t12?,13-,14-,15+,16-,17-/m0/s1. The zero-order valence-electron chi connectivity index (χ0n) is 13.2. The lowest BCUT2D eigenvalue weighted by Gasteiger charge is -2.41. The van der Waals surface area contributed by atoms with E-state index in [1.165, 1.54) is 25.7 Å². The molecule has 0 radical (unpaired) electrons. The molecule has 1 aliphatic carbocycles. The Bertz CT molecular complexity index is 313. The maximum absolute atomic E-state index is 10.3. The summed E-state index contributed by atoms with van der Waals surface area (Å²) in [6.07, 6.45) is 11.1. The highest BCUT2D eigenvalue weighted by atomic mass is 16.3. The minimum Gasteiger partial charge on any atom is -0.392 e. The van der Waals surface area contributed by atoms with Crippen molar-refractivity contribution < 1.29 is 10.2 Å². The van der Waals surface area contributed by atoms with E-state index in [0.717, 1.165) is 6.42 Å². The van der Waals surface area contributed by atoms with Gasteiger partial charge >= 0.3 is 0 Å². The van der Waals surface area contributed by atoms with Crippen LogP contribution in [0.25, 0.3) is 0 Å². The van der Waals surface area contributed by atoms with Crippen LogP contribution < -0.4 is 5.32 Å². The van der Waals surface area contributed by atoms with Crippen molar-refractivity contribution in [1.29, 1.82) is 0 Å². The Kier molecular flexibility index (Phi) is 7.58. The van der Waals surface area contributed by atoms with Crippen LogP contribution in [0.1, 0.15) is 59.3 Å². The largest absolute Gasteiger partial charge is 0.392 e.